The van der Waals surface area contributed by atoms with Crippen molar-refractivity contribution in [3.8, 4) is 11.6 Å². The van der Waals surface area contributed by atoms with Crippen LogP contribution in [0.4, 0.5) is 4.39 Å². The molecule has 1 aromatic heterocycles. The van der Waals surface area contributed by atoms with Gasteiger partial charge in [0.25, 0.3) is 0 Å². The third-order valence-corrected chi connectivity index (χ3v) is 3.28. The lowest BCUT2D eigenvalue weighted by Gasteiger charge is -2.12. The number of aryl methyl sites for hydroxylation is 2. The first-order chi connectivity index (χ1) is 9.38. The molecule has 0 atom stereocenters. The van der Waals surface area contributed by atoms with Crippen LogP contribution in [0.25, 0.3) is 0 Å². The van der Waals surface area contributed by atoms with E-state index in [0.29, 0.717) is 15.7 Å². The molecule has 1 aromatic carbocycles. The fourth-order valence-electron chi connectivity index (χ4n) is 1.80. The molecular formula is C14H11BrFNO3. The van der Waals surface area contributed by atoms with Gasteiger partial charge in [0.05, 0.1) is 4.47 Å². The molecule has 0 aliphatic heterocycles. The van der Waals surface area contributed by atoms with Crippen LogP contribution >= 0.6 is 15.9 Å². The molecule has 0 radical (unpaired) electrons. The fraction of sp³-hybridized carbons (Fsp3) is 0.143. The molecule has 0 spiro atoms. The average Bonchev–Trinajstić information content (AvgIpc) is 2.32. The molecule has 0 saturated carbocycles. The zero-order valence-electron chi connectivity index (χ0n) is 10.8. The summed E-state index contributed by atoms with van der Waals surface area (Å²) in [6, 6.07) is 5.56. The van der Waals surface area contributed by atoms with Crippen LogP contribution in [0.3, 0.4) is 0 Å². The molecule has 1 N–H and O–H groups in total. The third-order valence-electron chi connectivity index (χ3n) is 2.63. The molecule has 1 heterocycles. The standard InChI is InChI=1S/C14H11BrFNO3/c1-7-5-8(2)17-13(12(7)14(18)19)20-11-6-9(16)3-4-10(11)15/h3-6H,1-2H3,(H,18,19). The Kier molecular flexibility index (Phi) is 4.04. The van der Waals surface area contributed by atoms with Crippen LogP contribution in [0.15, 0.2) is 28.7 Å². The van der Waals surface area contributed by atoms with Crippen molar-refractivity contribution in [1.29, 1.82) is 0 Å². The Morgan fingerprint density at radius 2 is 2.05 bits per heavy atom. The maximum atomic E-state index is 13.2. The summed E-state index contributed by atoms with van der Waals surface area (Å²) in [5.41, 5.74) is 1.12. The lowest BCUT2D eigenvalue weighted by atomic mass is 10.1. The highest BCUT2D eigenvalue weighted by atomic mass is 79.9. The van der Waals surface area contributed by atoms with Crippen molar-refractivity contribution in [3.63, 3.8) is 0 Å². The first kappa shape index (κ1) is 14.5. The van der Waals surface area contributed by atoms with E-state index in [1.807, 2.05) is 0 Å². The van der Waals surface area contributed by atoms with Crippen molar-refractivity contribution < 1.29 is 19.0 Å². The molecule has 0 amide bonds. The minimum Gasteiger partial charge on any atom is -0.477 e. The average molecular weight is 340 g/mol. The Morgan fingerprint density at radius 1 is 1.35 bits per heavy atom. The van der Waals surface area contributed by atoms with Crippen molar-refractivity contribution in [3.05, 3.63) is 51.4 Å². The number of hydrogen-bond acceptors (Lipinski definition) is 3. The van der Waals surface area contributed by atoms with Crippen molar-refractivity contribution in [1.82, 2.24) is 4.98 Å². The van der Waals surface area contributed by atoms with E-state index in [2.05, 4.69) is 20.9 Å². The number of nitrogens with zero attached hydrogens (tertiary/aromatic N) is 1. The molecule has 4 nitrogen and oxygen atoms in total. The first-order valence-corrected chi connectivity index (χ1v) is 6.52. The highest BCUT2D eigenvalue weighted by Gasteiger charge is 2.18. The van der Waals surface area contributed by atoms with Crippen LogP contribution in [-0.2, 0) is 0 Å². The highest BCUT2D eigenvalue weighted by molar-refractivity contribution is 9.10. The molecule has 20 heavy (non-hydrogen) atoms. The van der Waals surface area contributed by atoms with Gasteiger partial charge in [0.2, 0.25) is 5.88 Å². The van der Waals surface area contributed by atoms with Gasteiger partial charge in [0.1, 0.15) is 17.1 Å². The van der Waals surface area contributed by atoms with Gasteiger partial charge >= 0.3 is 5.97 Å². The van der Waals surface area contributed by atoms with E-state index < -0.39 is 11.8 Å². The minimum atomic E-state index is -1.14. The van der Waals surface area contributed by atoms with E-state index in [9.17, 15) is 14.3 Å². The smallest absolute Gasteiger partial charge is 0.341 e. The first-order valence-electron chi connectivity index (χ1n) is 5.73. The van der Waals surface area contributed by atoms with Gasteiger partial charge in [0.15, 0.2) is 0 Å². The molecule has 0 bridgehead atoms. The zero-order chi connectivity index (χ0) is 14.9. The number of carboxylic acids is 1. The number of ether oxygens (including phenoxy) is 1. The Balaban J connectivity index is 2.53. The van der Waals surface area contributed by atoms with Gasteiger partial charge in [0, 0.05) is 11.8 Å². The maximum Gasteiger partial charge on any atom is 0.341 e. The summed E-state index contributed by atoms with van der Waals surface area (Å²) in [4.78, 5) is 15.4. The second-order valence-corrected chi connectivity index (χ2v) is 5.10. The maximum absolute atomic E-state index is 13.2. The monoisotopic (exact) mass is 339 g/mol. The summed E-state index contributed by atoms with van der Waals surface area (Å²) in [6.45, 7) is 3.39. The summed E-state index contributed by atoms with van der Waals surface area (Å²) in [5.74, 6) is -1.51. The number of carbonyl (C=O) groups is 1. The largest absolute Gasteiger partial charge is 0.477 e. The number of pyridine rings is 1. The Morgan fingerprint density at radius 3 is 2.70 bits per heavy atom. The van der Waals surface area contributed by atoms with Crippen molar-refractivity contribution in [2.45, 2.75) is 13.8 Å². The van der Waals surface area contributed by atoms with Crippen molar-refractivity contribution in [2.24, 2.45) is 0 Å². The van der Waals surface area contributed by atoms with E-state index >= 15 is 0 Å². The number of halogens is 2. The van der Waals surface area contributed by atoms with Crippen molar-refractivity contribution in [2.75, 3.05) is 0 Å². The Labute approximate surface area is 123 Å². The summed E-state index contributed by atoms with van der Waals surface area (Å²) in [7, 11) is 0. The lowest BCUT2D eigenvalue weighted by molar-refractivity contribution is 0.0692. The van der Waals surface area contributed by atoms with Gasteiger partial charge in [-0.3, -0.25) is 0 Å². The summed E-state index contributed by atoms with van der Waals surface area (Å²) >= 11 is 3.22. The van der Waals surface area contributed by atoms with Gasteiger partial charge in [-0.05, 0) is 53.5 Å². The molecule has 0 aliphatic carbocycles. The predicted molar refractivity (Wildman–Crippen MR) is 74.8 cm³/mol. The second kappa shape index (κ2) is 5.58. The highest BCUT2D eigenvalue weighted by Crippen LogP contribution is 2.32. The summed E-state index contributed by atoms with van der Waals surface area (Å²) < 4.78 is 19.2. The van der Waals surface area contributed by atoms with Gasteiger partial charge in [-0.15, -0.1) is 0 Å². The number of benzene rings is 1. The van der Waals surface area contributed by atoms with Crippen LogP contribution < -0.4 is 4.74 Å². The number of aromatic nitrogens is 1. The summed E-state index contributed by atoms with van der Waals surface area (Å²) in [6.07, 6.45) is 0. The minimum absolute atomic E-state index is 0.0354. The van der Waals surface area contributed by atoms with Crippen LogP contribution in [0.5, 0.6) is 11.6 Å². The number of aromatic carboxylic acids is 1. The van der Waals surface area contributed by atoms with E-state index in [4.69, 9.17) is 4.74 Å². The second-order valence-electron chi connectivity index (χ2n) is 4.24. The molecule has 6 heteroatoms. The molecule has 0 unspecified atom stereocenters. The number of carboxylic acid groups (broad SMARTS) is 1. The van der Waals surface area contributed by atoms with Gasteiger partial charge in [-0.2, -0.15) is 0 Å². The van der Waals surface area contributed by atoms with Crippen LogP contribution in [0.1, 0.15) is 21.6 Å². The molecule has 0 saturated heterocycles. The molecule has 0 fully saturated rings. The molecule has 2 rings (SSSR count). The SMILES string of the molecule is Cc1cc(C)c(C(=O)O)c(Oc2cc(F)ccc2Br)n1. The quantitative estimate of drug-likeness (QED) is 0.914. The van der Waals surface area contributed by atoms with E-state index in [-0.39, 0.29) is 17.2 Å². The van der Waals surface area contributed by atoms with Crippen LogP contribution in [0, 0.1) is 19.7 Å². The normalized spacial score (nSPS) is 10.4. The molecule has 2 aromatic rings. The van der Waals surface area contributed by atoms with Gasteiger partial charge < -0.3 is 9.84 Å². The molecule has 104 valence electrons. The topological polar surface area (TPSA) is 59.4 Å². The fourth-order valence-corrected chi connectivity index (χ4v) is 2.12. The zero-order valence-corrected chi connectivity index (χ0v) is 12.4. The number of hydrogen-bond donors (Lipinski definition) is 1. The van der Waals surface area contributed by atoms with Crippen LogP contribution in [-0.4, -0.2) is 16.1 Å². The Hall–Kier alpha value is -1.95. The lowest BCUT2D eigenvalue weighted by Crippen LogP contribution is -2.06. The van der Waals surface area contributed by atoms with E-state index in [0.717, 1.165) is 6.07 Å². The van der Waals surface area contributed by atoms with E-state index in [1.165, 1.54) is 12.1 Å². The van der Waals surface area contributed by atoms with Crippen LogP contribution in [0.2, 0.25) is 0 Å². The van der Waals surface area contributed by atoms with E-state index in [1.54, 1.807) is 19.9 Å². The predicted octanol–water partition coefficient (Wildman–Crippen LogP) is 4.09. The van der Waals surface area contributed by atoms with Crippen molar-refractivity contribution >= 4 is 21.9 Å². The van der Waals surface area contributed by atoms with Gasteiger partial charge in [-0.1, -0.05) is 0 Å². The van der Waals surface area contributed by atoms with Gasteiger partial charge in [-0.25, -0.2) is 14.2 Å². The molecular weight excluding hydrogens is 329 g/mol. The molecule has 0 aliphatic rings. The third kappa shape index (κ3) is 2.96. The number of rotatable bonds is 3. The Bertz CT molecular complexity index is 688. The summed E-state index contributed by atoms with van der Waals surface area (Å²) in [5, 5.41) is 9.23.